The zero-order valence-electron chi connectivity index (χ0n) is 14.7. The summed E-state index contributed by atoms with van der Waals surface area (Å²) < 4.78 is 16.5. The summed E-state index contributed by atoms with van der Waals surface area (Å²) in [5.41, 5.74) is 0.674. The molecule has 4 rings (SSSR count). The van der Waals surface area contributed by atoms with Crippen LogP contribution in [0.2, 0.25) is 0 Å². The highest BCUT2D eigenvalue weighted by Gasteiger charge is 2.20. The van der Waals surface area contributed by atoms with Gasteiger partial charge in [-0.15, -0.1) is 11.3 Å². The van der Waals surface area contributed by atoms with Crippen LogP contribution in [0.1, 0.15) is 4.88 Å². The summed E-state index contributed by atoms with van der Waals surface area (Å²) in [7, 11) is 0. The van der Waals surface area contributed by atoms with E-state index in [-0.39, 0.29) is 11.5 Å². The van der Waals surface area contributed by atoms with Gasteiger partial charge in [0, 0.05) is 41.2 Å². The smallest absolute Gasteiger partial charge is 0.352 e. The molecule has 0 aliphatic carbocycles. The molecule has 1 saturated heterocycles. The molecule has 10 heteroatoms. The molecule has 0 spiro atoms. The van der Waals surface area contributed by atoms with Crippen LogP contribution < -0.4 is 15.5 Å². The lowest BCUT2D eigenvalue weighted by Crippen LogP contribution is -2.47. The largest absolute Gasteiger partial charge is 0.368 e. The van der Waals surface area contributed by atoms with E-state index in [0.29, 0.717) is 25.6 Å². The van der Waals surface area contributed by atoms with Crippen molar-refractivity contribution >= 4 is 54.8 Å². The fourth-order valence-electron chi connectivity index (χ4n) is 3.07. The Bertz CT molecular complexity index is 1030. The topological polar surface area (TPSA) is 54.3 Å². The molecule has 146 valence electrons. The van der Waals surface area contributed by atoms with Gasteiger partial charge < -0.3 is 9.80 Å². The Morgan fingerprint density at radius 2 is 1.75 bits per heavy atom. The first kappa shape index (κ1) is 19.5. The molecule has 2 aromatic heterocycles. The third kappa shape index (κ3) is 4.28. The van der Waals surface area contributed by atoms with Gasteiger partial charge in [-0.05, 0) is 62.2 Å². The molecule has 3 heterocycles. The van der Waals surface area contributed by atoms with Crippen molar-refractivity contribution in [1.29, 1.82) is 0 Å². The standard InChI is InChI=1S/C18H16Br2FN5OS/c19-14-9-16(20)28-15(14)10-26-11-22-17(23-18(26)27)25-7-5-24(6-8-25)13-3-1-12(21)2-4-13/h1-4,9,11H,5-8,10H2. The average Bonchev–Trinajstić information content (AvgIpc) is 3.01. The average molecular weight is 529 g/mol. The van der Waals surface area contributed by atoms with Crippen LogP contribution in [0.5, 0.6) is 0 Å². The quantitative estimate of drug-likeness (QED) is 0.516. The Hall–Kier alpha value is -1.78. The highest BCUT2D eigenvalue weighted by Crippen LogP contribution is 2.31. The number of anilines is 2. The Labute approximate surface area is 181 Å². The van der Waals surface area contributed by atoms with Crippen LogP contribution in [0.3, 0.4) is 0 Å². The zero-order chi connectivity index (χ0) is 19.7. The highest BCUT2D eigenvalue weighted by atomic mass is 79.9. The first-order valence-corrected chi connectivity index (χ1v) is 11.0. The molecule has 1 aliphatic heterocycles. The van der Waals surface area contributed by atoms with Gasteiger partial charge in [-0.25, -0.2) is 14.2 Å². The van der Waals surface area contributed by atoms with E-state index in [1.54, 1.807) is 29.8 Å². The Kier molecular flexibility index (Phi) is 5.79. The molecule has 0 N–H and O–H groups in total. The SMILES string of the molecule is O=c1nc(N2CCN(c3ccc(F)cc3)CC2)ncn1Cc1sc(Br)cc1Br. The molecule has 0 unspecified atom stereocenters. The van der Waals surface area contributed by atoms with Crippen LogP contribution in [0.4, 0.5) is 16.0 Å². The van der Waals surface area contributed by atoms with Crippen LogP contribution in [0, 0.1) is 5.82 Å². The van der Waals surface area contributed by atoms with Gasteiger partial charge in [0.15, 0.2) is 0 Å². The number of hydrogen-bond acceptors (Lipinski definition) is 6. The predicted octanol–water partition coefficient (Wildman–Crippen LogP) is 3.74. The molecule has 1 fully saturated rings. The number of nitrogens with zero attached hydrogens (tertiary/aromatic N) is 5. The van der Waals surface area contributed by atoms with Crippen molar-refractivity contribution in [2.24, 2.45) is 0 Å². The summed E-state index contributed by atoms with van der Waals surface area (Å²) in [6.07, 6.45) is 1.55. The Balaban J connectivity index is 1.43. The van der Waals surface area contributed by atoms with E-state index in [1.807, 2.05) is 11.0 Å². The molecule has 0 saturated carbocycles. The molecule has 0 amide bonds. The number of rotatable bonds is 4. The van der Waals surface area contributed by atoms with Crippen molar-refractivity contribution in [3.05, 3.63) is 66.1 Å². The second kappa shape index (κ2) is 8.30. The van der Waals surface area contributed by atoms with Gasteiger partial charge in [-0.1, -0.05) is 0 Å². The van der Waals surface area contributed by atoms with E-state index in [2.05, 4.69) is 46.7 Å². The summed E-state index contributed by atoms with van der Waals surface area (Å²) in [4.78, 5) is 26.2. The maximum atomic E-state index is 13.1. The van der Waals surface area contributed by atoms with Gasteiger partial charge in [0.1, 0.15) is 12.1 Å². The lowest BCUT2D eigenvalue weighted by Gasteiger charge is -2.36. The van der Waals surface area contributed by atoms with E-state index in [0.717, 1.165) is 31.9 Å². The molecule has 0 atom stereocenters. The minimum absolute atomic E-state index is 0.238. The van der Waals surface area contributed by atoms with Crippen LogP contribution in [0.25, 0.3) is 0 Å². The summed E-state index contributed by atoms with van der Waals surface area (Å²) in [5, 5.41) is 0. The van der Waals surface area contributed by atoms with Crippen molar-refractivity contribution in [2.75, 3.05) is 36.0 Å². The van der Waals surface area contributed by atoms with Gasteiger partial charge in [0.05, 0.1) is 10.3 Å². The van der Waals surface area contributed by atoms with Crippen molar-refractivity contribution in [3.63, 3.8) is 0 Å². The summed E-state index contributed by atoms with van der Waals surface area (Å²) in [5.74, 6) is 0.213. The summed E-state index contributed by atoms with van der Waals surface area (Å²) >= 11 is 8.50. The van der Waals surface area contributed by atoms with Crippen LogP contribution in [0.15, 0.2) is 49.7 Å². The van der Waals surface area contributed by atoms with Crippen molar-refractivity contribution in [2.45, 2.75) is 6.54 Å². The molecular weight excluding hydrogens is 513 g/mol. The van der Waals surface area contributed by atoms with Gasteiger partial charge in [0.2, 0.25) is 5.95 Å². The van der Waals surface area contributed by atoms with Crippen molar-refractivity contribution in [1.82, 2.24) is 14.5 Å². The first-order valence-electron chi connectivity index (χ1n) is 8.62. The van der Waals surface area contributed by atoms with Crippen LogP contribution in [-0.2, 0) is 6.54 Å². The lowest BCUT2D eigenvalue weighted by molar-refractivity contribution is 0.617. The third-order valence-corrected chi connectivity index (χ3v) is 7.14. The minimum atomic E-state index is -0.317. The number of piperazine rings is 1. The van der Waals surface area contributed by atoms with E-state index < -0.39 is 0 Å². The highest BCUT2D eigenvalue weighted by molar-refractivity contribution is 9.11. The molecule has 28 heavy (non-hydrogen) atoms. The summed E-state index contributed by atoms with van der Waals surface area (Å²) in [6, 6.07) is 8.46. The third-order valence-electron chi connectivity index (χ3n) is 4.55. The van der Waals surface area contributed by atoms with Crippen molar-refractivity contribution < 1.29 is 4.39 Å². The molecule has 3 aromatic rings. The van der Waals surface area contributed by atoms with E-state index >= 15 is 0 Å². The number of benzene rings is 1. The number of thiophene rings is 1. The fraction of sp³-hybridized carbons (Fsp3) is 0.278. The van der Waals surface area contributed by atoms with Gasteiger partial charge in [0.25, 0.3) is 0 Å². The van der Waals surface area contributed by atoms with Crippen LogP contribution in [-0.4, -0.2) is 40.7 Å². The lowest BCUT2D eigenvalue weighted by atomic mass is 10.2. The van der Waals surface area contributed by atoms with Crippen LogP contribution >= 0.6 is 43.2 Å². The number of aromatic nitrogens is 3. The van der Waals surface area contributed by atoms with E-state index in [1.165, 1.54) is 16.7 Å². The second-order valence-electron chi connectivity index (χ2n) is 6.34. The van der Waals surface area contributed by atoms with Gasteiger partial charge in [-0.3, -0.25) is 4.57 Å². The first-order chi connectivity index (χ1) is 13.5. The monoisotopic (exact) mass is 527 g/mol. The number of halogens is 3. The number of hydrogen-bond donors (Lipinski definition) is 0. The van der Waals surface area contributed by atoms with E-state index in [4.69, 9.17) is 0 Å². The molecule has 1 aliphatic rings. The maximum absolute atomic E-state index is 13.1. The predicted molar refractivity (Wildman–Crippen MR) is 116 cm³/mol. The maximum Gasteiger partial charge on any atom is 0.352 e. The van der Waals surface area contributed by atoms with Crippen molar-refractivity contribution in [3.8, 4) is 0 Å². The van der Waals surface area contributed by atoms with Gasteiger partial charge >= 0.3 is 5.69 Å². The molecular formula is C18H16Br2FN5OS. The minimum Gasteiger partial charge on any atom is -0.368 e. The molecule has 1 aromatic carbocycles. The second-order valence-corrected chi connectivity index (χ2v) is 9.71. The zero-order valence-corrected chi connectivity index (χ0v) is 18.7. The normalized spacial score (nSPS) is 14.5. The van der Waals surface area contributed by atoms with E-state index in [9.17, 15) is 9.18 Å². The van der Waals surface area contributed by atoms with Gasteiger partial charge in [-0.2, -0.15) is 4.98 Å². The Morgan fingerprint density at radius 1 is 1.07 bits per heavy atom. The fourth-order valence-corrected chi connectivity index (χ4v) is 5.71. The molecule has 0 bridgehead atoms. The summed E-state index contributed by atoms with van der Waals surface area (Å²) in [6.45, 7) is 3.34. The Morgan fingerprint density at radius 3 is 2.36 bits per heavy atom. The molecule has 6 nitrogen and oxygen atoms in total. The molecule has 0 radical (unpaired) electrons.